The molecule has 0 aliphatic rings. The van der Waals surface area contributed by atoms with Gasteiger partial charge in [-0.2, -0.15) is 0 Å². The lowest BCUT2D eigenvalue weighted by molar-refractivity contribution is 0.823. The van der Waals surface area contributed by atoms with Crippen LogP contribution in [0.3, 0.4) is 0 Å². The number of anilines is 2. The quantitative estimate of drug-likeness (QED) is 0.844. The van der Waals surface area contributed by atoms with Crippen LogP contribution in [0.5, 0.6) is 0 Å². The molecule has 17 heavy (non-hydrogen) atoms. The molecule has 0 saturated carbocycles. The van der Waals surface area contributed by atoms with E-state index >= 15 is 0 Å². The van der Waals surface area contributed by atoms with Crippen LogP contribution in [-0.2, 0) is 6.54 Å². The Morgan fingerprint density at radius 1 is 1.29 bits per heavy atom. The minimum Gasteiger partial charge on any atom is -0.399 e. The van der Waals surface area contributed by atoms with E-state index in [4.69, 9.17) is 5.73 Å². The number of aromatic nitrogens is 1. The number of thiazole rings is 1. The molecule has 1 aromatic heterocycles. The zero-order valence-electron chi connectivity index (χ0n) is 10.2. The van der Waals surface area contributed by atoms with Crippen LogP contribution < -0.4 is 10.6 Å². The van der Waals surface area contributed by atoms with Gasteiger partial charge in [-0.15, -0.1) is 11.3 Å². The van der Waals surface area contributed by atoms with Crippen molar-refractivity contribution < 1.29 is 0 Å². The Morgan fingerprint density at radius 3 is 2.53 bits per heavy atom. The number of nitrogens with zero attached hydrogens (tertiary/aromatic N) is 2. The van der Waals surface area contributed by atoms with Crippen LogP contribution in [0.1, 0.15) is 17.6 Å². The number of hydrogen-bond donors (Lipinski definition) is 1. The Bertz CT molecular complexity index is 476. The third-order valence-corrected chi connectivity index (χ3v) is 3.58. The maximum absolute atomic E-state index is 5.70. The van der Waals surface area contributed by atoms with Gasteiger partial charge in [0.25, 0.3) is 0 Å². The molecule has 2 aromatic rings. The highest BCUT2D eigenvalue weighted by atomic mass is 32.1. The zero-order valence-corrected chi connectivity index (χ0v) is 11.0. The molecule has 1 heterocycles. The van der Waals surface area contributed by atoms with Gasteiger partial charge in [0, 0.05) is 29.0 Å². The van der Waals surface area contributed by atoms with Crippen molar-refractivity contribution in [1.29, 1.82) is 0 Å². The van der Waals surface area contributed by atoms with E-state index in [1.807, 2.05) is 19.1 Å². The summed E-state index contributed by atoms with van der Waals surface area (Å²) in [4.78, 5) is 6.78. The predicted octanol–water partition coefficient (Wildman–Crippen LogP) is 3.06. The molecule has 0 fully saturated rings. The Hall–Kier alpha value is -1.55. The van der Waals surface area contributed by atoms with Crippen molar-refractivity contribution in [2.24, 2.45) is 0 Å². The molecule has 90 valence electrons. The Balaban J connectivity index is 2.13. The zero-order chi connectivity index (χ0) is 12.3. The molecular formula is C13H17N3S. The van der Waals surface area contributed by atoms with Gasteiger partial charge >= 0.3 is 0 Å². The molecule has 0 atom stereocenters. The molecule has 0 bridgehead atoms. The van der Waals surface area contributed by atoms with E-state index in [1.165, 1.54) is 5.69 Å². The van der Waals surface area contributed by atoms with Crippen LogP contribution in [0.25, 0.3) is 0 Å². The average molecular weight is 247 g/mol. The highest BCUT2D eigenvalue weighted by Crippen LogP contribution is 2.20. The molecule has 0 spiro atoms. The van der Waals surface area contributed by atoms with Crippen molar-refractivity contribution in [2.45, 2.75) is 20.4 Å². The molecule has 2 N–H and O–H groups in total. The van der Waals surface area contributed by atoms with Gasteiger partial charge in [-0.1, -0.05) is 0 Å². The van der Waals surface area contributed by atoms with Crippen molar-refractivity contribution >= 4 is 22.7 Å². The molecule has 2 rings (SSSR count). The molecular weight excluding hydrogens is 230 g/mol. The Morgan fingerprint density at radius 2 is 2.00 bits per heavy atom. The molecule has 0 aliphatic carbocycles. The molecule has 1 aromatic carbocycles. The molecule has 0 unspecified atom stereocenters. The number of hydrogen-bond acceptors (Lipinski definition) is 4. The fourth-order valence-electron chi connectivity index (χ4n) is 1.71. The lowest BCUT2D eigenvalue weighted by atomic mass is 10.2. The summed E-state index contributed by atoms with van der Waals surface area (Å²) in [5.74, 6) is 0. The van der Waals surface area contributed by atoms with Crippen LogP contribution in [0.15, 0.2) is 29.6 Å². The molecule has 0 radical (unpaired) electrons. The molecule has 0 aliphatic heterocycles. The standard InChI is InChI=1S/C13H17N3S/c1-3-16(8-13-15-10(2)9-17-13)12-6-4-11(14)5-7-12/h4-7,9H,3,8,14H2,1-2H3. The molecule has 0 saturated heterocycles. The van der Waals surface area contributed by atoms with Crippen LogP contribution in [0.4, 0.5) is 11.4 Å². The van der Waals surface area contributed by atoms with Crippen LogP contribution in [0.2, 0.25) is 0 Å². The number of benzene rings is 1. The first-order chi connectivity index (χ1) is 8.19. The maximum atomic E-state index is 5.70. The summed E-state index contributed by atoms with van der Waals surface area (Å²) in [7, 11) is 0. The fourth-order valence-corrected chi connectivity index (χ4v) is 2.50. The van der Waals surface area contributed by atoms with Crippen molar-refractivity contribution in [3.05, 3.63) is 40.3 Å². The van der Waals surface area contributed by atoms with E-state index in [2.05, 4.69) is 34.3 Å². The van der Waals surface area contributed by atoms with E-state index in [0.29, 0.717) is 0 Å². The Kier molecular flexibility index (Phi) is 3.64. The number of nitrogen functional groups attached to an aromatic ring is 1. The van der Waals surface area contributed by atoms with Crippen molar-refractivity contribution in [1.82, 2.24) is 4.98 Å². The van der Waals surface area contributed by atoms with Gasteiger partial charge in [-0.3, -0.25) is 0 Å². The largest absolute Gasteiger partial charge is 0.399 e. The van der Waals surface area contributed by atoms with E-state index in [0.717, 1.165) is 29.5 Å². The van der Waals surface area contributed by atoms with Crippen LogP contribution >= 0.6 is 11.3 Å². The van der Waals surface area contributed by atoms with Crippen molar-refractivity contribution in [3.63, 3.8) is 0 Å². The first-order valence-corrected chi connectivity index (χ1v) is 6.58. The van der Waals surface area contributed by atoms with Crippen LogP contribution in [-0.4, -0.2) is 11.5 Å². The van der Waals surface area contributed by atoms with E-state index in [-0.39, 0.29) is 0 Å². The minimum atomic E-state index is 0.801. The number of aryl methyl sites for hydroxylation is 1. The first kappa shape index (κ1) is 11.9. The van der Waals surface area contributed by atoms with Crippen molar-refractivity contribution in [3.8, 4) is 0 Å². The summed E-state index contributed by atoms with van der Waals surface area (Å²) >= 11 is 1.71. The SMILES string of the molecule is CCN(Cc1nc(C)cs1)c1ccc(N)cc1. The highest BCUT2D eigenvalue weighted by Gasteiger charge is 2.07. The highest BCUT2D eigenvalue weighted by molar-refractivity contribution is 7.09. The van der Waals surface area contributed by atoms with Gasteiger partial charge in [-0.25, -0.2) is 4.98 Å². The average Bonchev–Trinajstić information content (AvgIpc) is 2.73. The van der Waals surface area contributed by atoms with Gasteiger partial charge in [0.2, 0.25) is 0 Å². The lowest BCUT2D eigenvalue weighted by Crippen LogP contribution is -2.21. The van der Waals surface area contributed by atoms with E-state index in [9.17, 15) is 0 Å². The van der Waals surface area contributed by atoms with Gasteiger partial charge in [0.1, 0.15) is 5.01 Å². The molecule has 4 heteroatoms. The topological polar surface area (TPSA) is 42.2 Å². The summed E-state index contributed by atoms with van der Waals surface area (Å²) in [6, 6.07) is 7.98. The fraction of sp³-hybridized carbons (Fsp3) is 0.308. The second-order valence-electron chi connectivity index (χ2n) is 3.99. The monoisotopic (exact) mass is 247 g/mol. The number of rotatable bonds is 4. The molecule has 3 nitrogen and oxygen atoms in total. The smallest absolute Gasteiger partial charge is 0.112 e. The van der Waals surface area contributed by atoms with Gasteiger partial charge in [0.15, 0.2) is 0 Å². The van der Waals surface area contributed by atoms with Crippen molar-refractivity contribution in [2.75, 3.05) is 17.2 Å². The molecule has 0 amide bonds. The van der Waals surface area contributed by atoms with Gasteiger partial charge in [-0.05, 0) is 38.1 Å². The summed E-state index contributed by atoms with van der Waals surface area (Å²) in [6.45, 7) is 6.00. The second-order valence-corrected chi connectivity index (χ2v) is 4.93. The number of nitrogens with two attached hydrogens (primary N) is 1. The minimum absolute atomic E-state index is 0.801. The first-order valence-electron chi connectivity index (χ1n) is 5.70. The Labute approximate surface area is 106 Å². The normalized spacial score (nSPS) is 10.5. The van der Waals surface area contributed by atoms with E-state index in [1.54, 1.807) is 11.3 Å². The summed E-state index contributed by atoms with van der Waals surface area (Å²) in [6.07, 6.45) is 0. The van der Waals surface area contributed by atoms with Crippen LogP contribution in [0, 0.1) is 6.92 Å². The third-order valence-electron chi connectivity index (χ3n) is 2.63. The lowest BCUT2D eigenvalue weighted by Gasteiger charge is -2.21. The maximum Gasteiger partial charge on any atom is 0.112 e. The van der Waals surface area contributed by atoms with Gasteiger partial charge < -0.3 is 10.6 Å². The summed E-state index contributed by atoms with van der Waals surface area (Å²) in [5, 5.41) is 3.24. The van der Waals surface area contributed by atoms with E-state index < -0.39 is 0 Å². The second kappa shape index (κ2) is 5.19. The summed E-state index contributed by atoms with van der Waals surface area (Å²) < 4.78 is 0. The third kappa shape index (κ3) is 2.97. The predicted molar refractivity (Wildman–Crippen MR) is 74.4 cm³/mol. The summed E-state index contributed by atoms with van der Waals surface area (Å²) in [5.41, 5.74) is 8.78. The van der Waals surface area contributed by atoms with Gasteiger partial charge in [0.05, 0.1) is 6.54 Å².